The molecule has 32 heavy (non-hydrogen) atoms. The molecule has 158 valence electrons. The first-order valence-corrected chi connectivity index (χ1v) is 10.3. The van der Waals surface area contributed by atoms with Crippen molar-refractivity contribution in [1.82, 2.24) is 24.7 Å². The molecule has 0 fully saturated rings. The van der Waals surface area contributed by atoms with Crippen molar-refractivity contribution >= 4 is 22.4 Å². The third-order valence-corrected chi connectivity index (χ3v) is 5.60. The topological polar surface area (TPSA) is 88.5 Å². The van der Waals surface area contributed by atoms with Gasteiger partial charge in [0.2, 0.25) is 0 Å². The van der Waals surface area contributed by atoms with E-state index in [1.807, 2.05) is 68.6 Å². The van der Waals surface area contributed by atoms with Crippen LogP contribution in [0.25, 0.3) is 33.3 Å². The number of pyridine rings is 3. The molecule has 0 saturated carbocycles. The Bertz CT molecular complexity index is 1500. The maximum absolute atomic E-state index is 13.2. The highest BCUT2D eigenvalue weighted by atomic mass is 16.1. The smallest absolute Gasteiger partial charge is 0.258 e. The van der Waals surface area contributed by atoms with Gasteiger partial charge in [0, 0.05) is 59.6 Å². The van der Waals surface area contributed by atoms with E-state index in [2.05, 4.69) is 25.5 Å². The van der Waals surface area contributed by atoms with Crippen molar-refractivity contribution in [1.29, 1.82) is 0 Å². The maximum Gasteiger partial charge on any atom is 0.258 e. The Hall–Kier alpha value is -4.26. The van der Waals surface area contributed by atoms with Crippen LogP contribution in [0.15, 0.2) is 71.9 Å². The molecule has 0 bridgehead atoms. The first-order chi connectivity index (χ1) is 15.5. The number of H-pyrrole nitrogens is 1. The molecule has 2 N–H and O–H groups in total. The van der Waals surface area contributed by atoms with E-state index in [0.717, 1.165) is 44.7 Å². The molecule has 5 rings (SSSR count). The summed E-state index contributed by atoms with van der Waals surface area (Å²) in [5.41, 5.74) is 6.93. The molecule has 0 aliphatic rings. The van der Waals surface area contributed by atoms with E-state index in [0.29, 0.717) is 11.4 Å². The lowest BCUT2D eigenvalue weighted by Gasteiger charge is -2.13. The Morgan fingerprint density at radius 3 is 2.69 bits per heavy atom. The van der Waals surface area contributed by atoms with Gasteiger partial charge < -0.3 is 9.88 Å². The lowest BCUT2D eigenvalue weighted by atomic mass is 9.99. The number of benzene rings is 1. The van der Waals surface area contributed by atoms with Crippen molar-refractivity contribution in [3.05, 3.63) is 88.7 Å². The average molecular weight is 422 g/mol. The van der Waals surface area contributed by atoms with Crippen molar-refractivity contribution in [2.45, 2.75) is 13.8 Å². The van der Waals surface area contributed by atoms with Gasteiger partial charge in [-0.3, -0.25) is 19.9 Å². The Morgan fingerprint density at radius 2 is 1.88 bits per heavy atom. The molecule has 1 aromatic carbocycles. The second-order valence-corrected chi connectivity index (χ2v) is 7.87. The Kier molecular flexibility index (Phi) is 4.78. The normalized spacial score (nSPS) is 11.1. The standard InChI is InChI=1S/C25H22N6O/c1-15-6-7-19(28-24-12-22(29-30-24)17-5-4-8-26-13-17)11-20(15)21-10-18-14-27-16(2)9-23(18)31(3)25(21)32/h4-14H,1-3H3,(H2,28,29,30). The summed E-state index contributed by atoms with van der Waals surface area (Å²) in [4.78, 5) is 21.7. The van der Waals surface area contributed by atoms with Crippen LogP contribution in [0.1, 0.15) is 11.3 Å². The van der Waals surface area contributed by atoms with E-state index in [1.54, 1.807) is 24.0 Å². The molecular formula is C25H22N6O. The lowest BCUT2D eigenvalue weighted by molar-refractivity contribution is 0.905. The number of aryl methyl sites for hydroxylation is 3. The zero-order valence-electron chi connectivity index (χ0n) is 18.0. The van der Waals surface area contributed by atoms with Gasteiger partial charge >= 0.3 is 0 Å². The number of hydrogen-bond donors (Lipinski definition) is 2. The number of hydrogen-bond acceptors (Lipinski definition) is 5. The largest absolute Gasteiger partial charge is 0.339 e. The van der Waals surface area contributed by atoms with Crippen molar-refractivity contribution in [2.24, 2.45) is 7.05 Å². The fourth-order valence-electron chi connectivity index (χ4n) is 3.85. The van der Waals surface area contributed by atoms with Gasteiger partial charge in [-0.05, 0) is 61.4 Å². The van der Waals surface area contributed by atoms with Crippen molar-refractivity contribution in [2.75, 3.05) is 5.32 Å². The Labute approximate surface area is 184 Å². The molecule has 0 spiro atoms. The number of nitrogens with zero attached hydrogens (tertiary/aromatic N) is 4. The summed E-state index contributed by atoms with van der Waals surface area (Å²) in [6.07, 6.45) is 5.34. The van der Waals surface area contributed by atoms with Gasteiger partial charge in [0.1, 0.15) is 0 Å². The third kappa shape index (κ3) is 3.54. The van der Waals surface area contributed by atoms with E-state index in [4.69, 9.17) is 0 Å². The molecule has 7 heteroatoms. The van der Waals surface area contributed by atoms with Crippen LogP contribution in [0.5, 0.6) is 0 Å². The quantitative estimate of drug-likeness (QED) is 0.436. The molecule has 0 unspecified atom stereocenters. The molecule has 0 saturated heterocycles. The summed E-state index contributed by atoms with van der Waals surface area (Å²) >= 11 is 0. The molecule has 0 aliphatic heterocycles. The van der Waals surface area contributed by atoms with Gasteiger partial charge in [-0.25, -0.2) is 0 Å². The maximum atomic E-state index is 13.2. The fourth-order valence-corrected chi connectivity index (χ4v) is 3.85. The number of anilines is 2. The molecule has 5 aromatic rings. The van der Waals surface area contributed by atoms with E-state index < -0.39 is 0 Å². The van der Waals surface area contributed by atoms with Crippen molar-refractivity contribution in [3.63, 3.8) is 0 Å². The fraction of sp³-hybridized carbons (Fsp3) is 0.120. The number of rotatable bonds is 4. The Morgan fingerprint density at radius 1 is 1.00 bits per heavy atom. The zero-order chi connectivity index (χ0) is 22.2. The highest BCUT2D eigenvalue weighted by Gasteiger charge is 2.13. The predicted molar refractivity (Wildman–Crippen MR) is 127 cm³/mol. The van der Waals surface area contributed by atoms with Crippen LogP contribution in [0.3, 0.4) is 0 Å². The first-order valence-electron chi connectivity index (χ1n) is 10.3. The summed E-state index contributed by atoms with van der Waals surface area (Å²) in [7, 11) is 1.80. The van der Waals surface area contributed by atoms with Crippen LogP contribution in [-0.4, -0.2) is 24.7 Å². The number of aromatic nitrogens is 5. The van der Waals surface area contributed by atoms with Gasteiger partial charge in [0.15, 0.2) is 5.82 Å². The van der Waals surface area contributed by atoms with Crippen LogP contribution in [0.4, 0.5) is 11.5 Å². The molecule has 0 aliphatic carbocycles. The van der Waals surface area contributed by atoms with Gasteiger partial charge in [-0.2, -0.15) is 5.10 Å². The van der Waals surface area contributed by atoms with Gasteiger partial charge in [-0.1, -0.05) is 6.07 Å². The molecule has 0 atom stereocenters. The third-order valence-electron chi connectivity index (χ3n) is 5.60. The molecule has 0 amide bonds. The van der Waals surface area contributed by atoms with Crippen LogP contribution < -0.4 is 10.9 Å². The van der Waals surface area contributed by atoms with Crippen LogP contribution >= 0.6 is 0 Å². The minimum atomic E-state index is -0.0398. The SMILES string of the molecule is Cc1cc2c(cn1)cc(-c1cc(Nc3cc(-c4cccnc4)[nH]n3)ccc1C)c(=O)n2C. The van der Waals surface area contributed by atoms with E-state index >= 15 is 0 Å². The monoisotopic (exact) mass is 422 g/mol. The minimum absolute atomic E-state index is 0.0398. The van der Waals surface area contributed by atoms with E-state index in [-0.39, 0.29) is 5.56 Å². The van der Waals surface area contributed by atoms with Crippen molar-refractivity contribution in [3.8, 4) is 22.4 Å². The second-order valence-electron chi connectivity index (χ2n) is 7.87. The number of fused-ring (bicyclic) bond motifs is 1. The molecular weight excluding hydrogens is 400 g/mol. The number of aromatic amines is 1. The Balaban J connectivity index is 1.53. The van der Waals surface area contributed by atoms with Crippen LogP contribution in [0.2, 0.25) is 0 Å². The van der Waals surface area contributed by atoms with Crippen LogP contribution in [0, 0.1) is 13.8 Å². The van der Waals surface area contributed by atoms with Gasteiger partial charge in [0.05, 0.1) is 11.2 Å². The van der Waals surface area contributed by atoms with Crippen LogP contribution in [-0.2, 0) is 7.05 Å². The predicted octanol–water partition coefficient (Wildman–Crippen LogP) is 4.75. The summed E-state index contributed by atoms with van der Waals surface area (Å²) < 4.78 is 1.69. The minimum Gasteiger partial charge on any atom is -0.339 e. The average Bonchev–Trinajstić information content (AvgIpc) is 3.27. The molecule has 0 radical (unpaired) electrons. The summed E-state index contributed by atoms with van der Waals surface area (Å²) in [5, 5.41) is 11.6. The number of nitrogens with one attached hydrogen (secondary N) is 2. The van der Waals surface area contributed by atoms with E-state index in [1.165, 1.54) is 0 Å². The highest BCUT2D eigenvalue weighted by Crippen LogP contribution is 2.28. The summed E-state index contributed by atoms with van der Waals surface area (Å²) in [6.45, 7) is 3.93. The van der Waals surface area contributed by atoms with Crippen molar-refractivity contribution < 1.29 is 0 Å². The highest BCUT2D eigenvalue weighted by molar-refractivity contribution is 5.85. The molecule has 4 aromatic heterocycles. The first kappa shape index (κ1) is 19.7. The summed E-state index contributed by atoms with van der Waals surface area (Å²) in [6, 6.07) is 15.6. The lowest BCUT2D eigenvalue weighted by Crippen LogP contribution is -2.19. The second kappa shape index (κ2) is 7.77. The zero-order valence-corrected chi connectivity index (χ0v) is 18.0. The molecule has 7 nitrogen and oxygen atoms in total. The van der Waals surface area contributed by atoms with Gasteiger partial charge in [0.25, 0.3) is 5.56 Å². The van der Waals surface area contributed by atoms with E-state index in [9.17, 15) is 4.79 Å². The summed E-state index contributed by atoms with van der Waals surface area (Å²) in [5.74, 6) is 0.685. The molecule has 4 heterocycles. The van der Waals surface area contributed by atoms with Gasteiger partial charge in [-0.15, -0.1) is 0 Å².